The molecule has 0 spiro atoms. The lowest BCUT2D eigenvalue weighted by Crippen LogP contribution is -2.25. The Kier molecular flexibility index (Phi) is 4.34. The Hall–Kier alpha value is -2.37. The molecular formula is C14H16N2O4. The molecule has 1 fully saturated rings. The molecule has 106 valence electrons. The molecule has 6 nitrogen and oxygen atoms in total. The highest BCUT2D eigenvalue weighted by Crippen LogP contribution is 2.25. The van der Waals surface area contributed by atoms with Gasteiger partial charge < -0.3 is 9.64 Å². The lowest BCUT2D eigenvalue weighted by atomic mass is 10.1. The number of hydrogen-bond acceptors (Lipinski definition) is 4. The predicted octanol–water partition coefficient (Wildman–Crippen LogP) is 2.24. The lowest BCUT2D eigenvalue weighted by Gasteiger charge is -2.12. The van der Waals surface area contributed by atoms with E-state index in [0.717, 1.165) is 25.9 Å². The fourth-order valence-electron chi connectivity index (χ4n) is 2.16. The van der Waals surface area contributed by atoms with Gasteiger partial charge in [0.05, 0.1) is 18.1 Å². The third kappa shape index (κ3) is 3.14. The number of likely N-dealkylation sites (tertiary alicyclic amines) is 1. The average Bonchev–Trinajstić information content (AvgIpc) is 2.98. The van der Waals surface area contributed by atoms with Crippen molar-refractivity contribution in [3.05, 3.63) is 40.0 Å². The number of carbonyl (C=O) groups is 1. The molecule has 1 amide bonds. The molecule has 1 saturated heterocycles. The van der Waals surface area contributed by atoms with Gasteiger partial charge in [0.1, 0.15) is 5.75 Å². The van der Waals surface area contributed by atoms with Gasteiger partial charge in [0.2, 0.25) is 5.91 Å². The Balaban J connectivity index is 2.15. The number of benzene rings is 1. The van der Waals surface area contributed by atoms with Crippen LogP contribution in [0.25, 0.3) is 6.08 Å². The molecule has 0 aliphatic carbocycles. The number of ether oxygens (including phenoxy) is 1. The van der Waals surface area contributed by atoms with E-state index in [9.17, 15) is 14.9 Å². The van der Waals surface area contributed by atoms with Gasteiger partial charge in [0, 0.05) is 30.8 Å². The first-order valence-corrected chi connectivity index (χ1v) is 6.41. The van der Waals surface area contributed by atoms with Gasteiger partial charge in [-0.2, -0.15) is 0 Å². The van der Waals surface area contributed by atoms with Gasteiger partial charge in [-0.3, -0.25) is 14.9 Å². The Labute approximate surface area is 116 Å². The van der Waals surface area contributed by atoms with Crippen molar-refractivity contribution < 1.29 is 14.5 Å². The fourth-order valence-corrected chi connectivity index (χ4v) is 2.16. The Morgan fingerprint density at radius 3 is 2.70 bits per heavy atom. The minimum absolute atomic E-state index is 0.0372. The summed E-state index contributed by atoms with van der Waals surface area (Å²) in [7, 11) is 1.44. The van der Waals surface area contributed by atoms with Crippen LogP contribution in [-0.2, 0) is 4.79 Å². The number of amides is 1. The summed E-state index contributed by atoms with van der Waals surface area (Å²) in [6.45, 7) is 1.58. The summed E-state index contributed by atoms with van der Waals surface area (Å²) in [6.07, 6.45) is 5.19. The second-order valence-corrected chi connectivity index (χ2v) is 4.55. The van der Waals surface area contributed by atoms with Gasteiger partial charge in [-0.15, -0.1) is 0 Å². The van der Waals surface area contributed by atoms with Gasteiger partial charge in [-0.05, 0) is 25.0 Å². The monoisotopic (exact) mass is 276 g/mol. The number of hydrogen-bond donors (Lipinski definition) is 0. The first kappa shape index (κ1) is 14.0. The first-order valence-electron chi connectivity index (χ1n) is 6.41. The van der Waals surface area contributed by atoms with Crippen molar-refractivity contribution in [3.8, 4) is 5.75 Å². The zero-order valence-corrected chi connectivity index (χ0v) is 11.2. The SMILES string of the molecule is COc1cc([N+](=O)[O-])ccc1C=CC(=O)N1CCCC1. The van der Waals surface area contributed by atoms with Crippen LogP contribution in [0.1, 0.15) is 18.4 Å². The van der Waals surface area contributed by atoms with Crippen molar-refractivity contribution in [3.63, 3.8) is 0 Å². The van der Waals surface area contributed by atoms with Gasteiger partial charge in [-0.1, -0.05) is 0 Å². The standard InChI is InChI=1S/C14H16N2O4/c1-20-13-10-12(16(18)19)6-4-11(13)5-7-14(17)15-8-2-3-9-15/h4-7,10H,2-3,8-9H2,1H3. The van der Waals surface area contributed by atoms with Crippen LogP contribution in [0.3, 0.4) is 0 Å². The molecule has 0 radical (unpaired) electrons. The molecule has 2 rings (SSSR count). The molecule has 0 N–H and O–H groups in total. The van der Waals surface area contributed by atoms with E-state index in [-0.39, 0.29) is 11.6 Å². The second kappa shape index (κ2) is 6.18. The minimum Gasteiger partial charge on any atom is -0.496 e. The van der Waals surface area contributed by atoms with Crippen LogP contribution in [0.4, 0.5) is 5.69 Å². The number of non-ortho nitro benzene ring substituents is 1. The molecule has 20 heavy (non-hydrogen) atoms. The zero-order valence-electron chi connectivity index (χ0n) is 11.2. The largest absolute Gasteiger partial charge is 0.496 e. The number of nitro benzene ring substituents is 1. The van der Waals surface area contributed by atoms with Crippen LogP contribution in [-0.4, -0.2) is 35.9 Å². The number of nitro groups is 1. The van der Waals surface area contributed by atoms with Crippen LogP contribution < -0.4 is 4.74 Å². The van der Waals surface area contributed by atoms with Crippen molar-refractivity contribution in [2.24, 2.45) is 0 Å². The Bertz CT molecular complexity index is 548. The third-order valence-corrected chi connectivity index (χ3v) is 3.25. The van der Waals surface area contributed by atoms with Crippen LogP contribution in [0.2, 0.25) is 0 Å². The minimum atomic E-state index is -0.481. The van der Waals surface area contributed by atoms with Crippen molar-refractivity contribution in [1.29, 1.82) is 0 Å². The summed E-state index contributed by atoms with van der Waals surface area (Å²) >= 11 is 0. The van der Waals surface area contributed by atoms with Crippen LogP contribution in [0, 0.1) is 10.1 Å². The molecule has 1 aromatic rings. The lowest BCUT2D eigenvalue weighted by molar-refractivity contribution is -0.384. The highest BCUT2D eigenvalue weighted by atomic mass is 16.6. The van der Waals surface area contributed by atoms with Crippen LogP contribution >= 0.6 is 0 Å². The maximum absolute atomic E-state index is 11.9. The summed E-state index contributed by atoms with van der Waals surface area (Å²) in [4.78, 5) is 23.9. The summed E-state index contributed by atoms with van der Waals surface area (Å²) in [5.74, 6) is 0.340. The van der Waals surface area contributed by atoms with Gasteiger partial charge in [0.15, 0.2) is 0 Å². The first-order chi connectivity index (χ1) is 9.61. The molecular weight excluding hydrogens is 260 g/mol. The van der Waals surface area contributed by atoms with E-state index in [0.29, 0.717) is 11.3 Å². The van der Waals surface area contributed by atoms with Crippen molar-refractivity contribution in [2.45, 2.75) is 12.8 Å². The molecule has 1 heterocycles. The van der Waals surface area contributed by atoms with Crippen molar-refractivity contribution in [1.82, 2.24) is 4.90 Å². The number of rotatable bonds is 4. The topological polar surface area (TPSA) is 72.7 Å². The Morgan fingerprint density at radius 1 is 1.40 bits per heavy atom. The quantitative estimate of drug-likeness (QED) is 0.480. The molecule has 1 aliphatic heterocycles. The van der Waals surface area contributed by atoms with E-state index < -0.39 is 4.92 Å². The van der Waals surface area contributed by atoms with E-state index in [4.69, 9.17) is 4.74 Å². The normalized spacial score (nSPS) is 14.8. The summed E-state index contributed by atoms with van der Waals surface area (Å²) in [5.41, 5.74) is 0.607. The summed E-state index contributed by atoms with van der Waals surface area (Å²) in [5, 5.41) is 10.7. The Morgan fingerprint density at radius 2 is 2.10 bits per heavy atom. The summed E-state index contributed by atoms with van der Waals surface area (Å²) in [6, 6.07) is 4.31. The van der Waals surface area contributed by atoms with Gasteiger partial charge in [0.25, 0.3) is 5.69 Å². The van der Waals surface area contributed by atoms with E-state index >= 15 is 0 Å². The van der Waals surface area contributed by atoms with Crippen molar-refractivity contribution in [2.75, 3.05) is 20.2 Å². The molecule has 1 aromatic carbocycles. The van der Waals surface area contributed by atoms with E-state index in [1.165, 1.54) is 25.3 Å². The molecule has 1 aliphatic rings. The molecule has 0 aromatic heterocycles. The van der Waals surface area contributed by atoms with Gasteiger partial charge in [-0.25, -0.2) is 0 Å². The third-order valence-electron chi connectivity index (χ3n) is 3.25. The average molecular weight is 276 g/mol. The van der Waals surface area contributed by atoms with Crippen molar-refractivity contribution >= 4 is 17.7 Å². The highest BCUT2D eigenvalue weighted by Gasteiger charge is 2.15. The molecule has 0 bridgehead atoms. The number of nitrogens with zero attached hydrogens (tertiary/aromatic N) is 2. The maximum Gasteiger partial charge on any atom is 0.273 e. The highest BCUT2D eigenvalue weighted by molar-refractivity contribution is 5.92. The zero-order chi connectivity index (χ0) is 14.5. The predicted molar refractivity (Wildman–Crippen MR) is 74.5 cm³/mol. The van der Waals surface area contributed by atoms with Crippen LogP contribution in [0.5, 0.6) is 5.75 Å². The molecule has 0 unspecified atom stereocenters. The second-order valence-electron chi connectivity index (χ2n) is 4.55. The summed E-state index contributed by atoms with van der Waals surface area (Å²) < 4.78 is 5.11. The van der Waals surface area contributed by atoms with Crippen LogP contribution in [0.15, 0.2) is 24.3 Å². The maximum atomic E-state index is 11.9. The fraction of sp³-hybridized carbons (Fsp3) is 0.357. The molecule has 6 heteroatoms. The van der Waals surface area contributed by atoms with E-state index in [1.54, 1.807) is 17.0 Å². The molecule has 0 atom stereocenters. The number of methoxy groups -OCH3 is 1. The van der Waals surface area contributed by atoms with Gasteiger partial charge >= 0.3 is 0 Å². The van der Waals surface area contributed by atoms with E-state index in [2.05, 4.69) is 0 Å². The smallest absolute Gasteiger partial charge is 0.273 e. The molecule has 0 saturated carbocycles. The number of carbonyl (C=O) groups excluding carboxylic acids is 1. The van der Waals surface area contributed by atoms with E-state index in [1.807, 2.05) is 0 Å².